The van der Waals surface area contributed by atoms with Gasteiger partial charge >= 0.3 is 5.76 Å². The van der Waals surface area contributed by atoms with Gasteiger partial charge in [-0.3, -0.25) is 9.36 Å². The number of alkyl halides is 1. The second-order valence-electron chi connectivity index (χ2n) is 8.25. The van der Waals surface area contributed by atoms with Crippen molar-refractivity contribution in [2.24, 2.45) is 7.05 Å². The van der Waals surface area contributed by atoms with Crippen LogP contribution >= 0.6 is 0 Å². The number of hydrogen-bond donors (Lipinski definition) is 2. The predicted molar refractivity (Wildman–Crippen MR) is 120 cm³/mol. The van der Waals surface area contributed by atoms with Crippen LogP contribution in [0.25, 0.3) is 22.2 Å². The van der Waals surface area contributed by atoms with Crippen molar-refractivity contribution in [2.75, 3.05) is 19.7 Å². The first kappa shape index (κ1) is 22.7. The Morgan fingerprint density at radius 3 is 2.76 bits per heavy atom. The molecule has 3 atom stereocenters. The van der Waals surface area contributed by atoms with Gasteiger partial charge in [-0.1, -0.05) is 30.3 Å². The van der Waals surface area contributed by atoms with Gasteiger partial charge in [0.2, 0.25) is 0 Å². The molecule has 0 bridgehead atoms. The molecule has 2 heterocycles. The molecule has 0 aliphatic carbocycles. The Labute approximate surface area is 189 Å². The molecule has 0 spiro atoms. The summed E-state index contributed by atoms with van der Waals surface area (Å²) in [5.74, 6) is -0.962. The largest absolute Gasteiger partial charge is 0.419 e. The van der Waals surface area contributed by atoms with Crippen LogP contribution in [-0.2, 0) is 22.2 Å². The Balaban J connectivity index is 1.54. The molecule has 2 aromatic carbocycles. The smallest absolute Gasteiger partial charge is 0.408 e. The number of nitrogens with one attached hydrogen (secondary N) is 2. The molecule has 8 nitrogen and oxygen atoms in total. The van der Waals surface area contributed by atoms with Crippen molar-refractivity contribution >= 4 is 17.0 Å². The molecular formula is C24H25FN4O4. The molecule has 0 radical (unpaired) electrons. The molecule has 1 saturated heterocycles. The number of aromatic nitrogens is 1. The summed E-state index contributed by atoms with van der Waals surface area (Å²) in [5, 5.41) is 15.2. The van der Waals surface area contributed by atoms with Crippen molar-refractivity contribution in [1.29, 1.82) is 5.26 Å². The van der Waals surface area contributed by atoms with E-state index in [1.807, 2.05) is 18.2 Å². The van der Waals surface area contributed by atoms with Crippen molar-refractivity contribution in [3.05, 3.63) is 58.6 Å². The zero-order valence-corrected chi connectivity index (χ0v) is 18.4. The molecule has 172 valence electrons. The van der Waals surface area contributed by atoms with E-state index < -0.39 is 29.5 Å². The Morgan fingerprint density at radius 2 is 2.03 bits per heavy atom. The Kier molecular flexibility index (Phi) is 6.31. The normalized spacial score (nSPS) is 19.3. The van der Waals surface area contributed by atoms with Gasteiger partial charge in [-0.15, -0.1) is 0 Å². The third-order valence-electron chi connectivity index (χ3n) is 5.97. The predicted octanol–water partition coefficient (Wildman–Crippen LogP) is 2.37. The van der Waals surface area contributed by atoms with Gasteiger partial charge in [0, 0.05) is 20.2 Å². The summed E-state index contributed by atoms with van der Waals surface area (Å²) in [6.45, 7) is 2.75. The summed E-state index contributed by atoms with van der Waals surface area (Å²) in [6.07, 6.45) is 0.0120. The number of hydrogen-bond acceptors (Lipinski definition) is 6. The minimum Gasteiger partial charge on any atom is -0.408 e. The van der Waals surface area contributed by atoms with Crippen LogP contribution < -0.4 is 16.4 Å². The van der Waals surface area contributed by atoms with Gasteiger partial charge in [0.1, 0.15) is 6.10 Å². The highest BCUT2D eigenvalue weighted by Gasteiger charge is 2.39. The van der Waals surface area contributed by atoms with E-state index in [4.69, 9.17) is 9.15 Å². The maximum Gasteiger partial charge on any atom is 0.419 e. The number of amides is 1. The number of ether oxygens (including phenoxy) is 1. The van der Waals surface area contributed by atoms with E-state index in [0.29, 0.717) is 24.3 Å². The average molecular weight is 452 g/mol. The number of nitrogens with zero attached hydrogens (tertiary/aromatic N) is 2. The van der Waals surface area contributed by atoms with Gasteiger partial charge < -0.3 is 19.8 Å². The number of nitriles is 1. The highest BCUT2D eigenvalue weighted by molar-refractivity contribution is 5.82. The van der Waals surface area contributed by atoms with Crippen molar-refractivity contribution in [3.63, 3.8) is 0 Å². The van der Waals surface area contributed by atoms with Crippen molar-refractivity contribution < 1.29 is 18.3 Å². The molecule has 2 unspecified atom stereocenters. The number of halogens is 1. The Hall–Kier alpha value is -3.48. The molecule has 1 amide bonds. The molecule has 3 aromatic rings. The van der Waals surface area contributed by atoms with Gasteiger partial charge in [-0.25, -0.2) is 9.18 Å². The van der Waals surface area contributed by atoms with E-state index in [9.17, 15) is 14.9 Å². The molecule has 9 heteroatoms. The molecule has 1 aliphatic rings. The molecule has 33 heavy (non-hydrogen) atoms. The highest BCUT2D eigenvalue weighted by Crippen LogP contribution is 2.32. The van der Waals surface area contributed by atoms with Gasteiger partial charge in [0.25, 0.3) is 5.91 Å². The number of benzene rings is 2. The van der Waals surface area contributed by atoms with Crippen molar-refractivity contribution in [2.45, 2.75) is 31.2 Å². The van der Waals surface area contributed by atoms with Gasteiger partial charge in [-0.2, -0.15) is 5.26 Å². The lowest BCUT2D eigenvalue weighted by molar-refractivity contribution is -0.133. The zero-order chi connectivity index (χ0) is 23.6. The fourth-order valence-corrected chi connectivity index (χ4v) is 3.87. The number of carbonyl (C=O) groups excluding carboxylic acids is 1. The molecule has 2 N–H and O–H groups in total. The first-order valence-electron chi connectivity index (χ1n) is 10.7. The van der Waals surface area contributed by atoms with E-state index >= 15 is 4.39 Å². The monoisotopic (exact) mass is 452 g/mol. The number of rotatable bonds is 5. The van der Waals surface area contributed by atoms with Crippen LogP contribution in [-0.4, -0.2) is 42.3 Å². The van der Waals surface area contributed by atoms with E-state index in [0.717, 1.165) is 24.1 Å². The van der Waals surface area contributed by atoms with E-state index in [1.165, 1.54) is 11.5 Å². The Morgan fingerprint density at radius 1 is 1.30 bits per heavy atom. The summed E-state index contributed by atoms with van der Waals surface area (Å²) in [4.78, 5) is 24.3. The fourth-order valence-electron chi connectivity index (χ4n) is 3.87. The second kappa shape index (κ2) is 9.17. The average Bonchev–Trinajstić information content (AvgIpc) is 3.00. The Bertz CT molecular complexity index is 1250. The van der Waals surface area contributed by atoms with E-state index in [1.54, 1.807) is 37.4 Å². The third kappa shape index (κ3) is 4.53. The summed E-state index contributed by atoms with van der Waals surface area (Å²) in [7, 11) is 1.63. The topological polar surface area (TPSA) is 109 Å². The SMILES string of the molecule is Cn1c(=O)oc2ccc(-c3ccc(C(C)(F)C(C#N)NC(=O)[C@@H]4CNCCCO4)cc3)cc21. The van der Waals surface area contributed by atoms with Crippen LogP contribution in [0.4, 0.5) is 4.39 Å². The first-order chi connectivity index (χ1) is 15.8. The summed E-state index contributed by atoms with van der Waals surface area (Å²) >= 11 is 0. The van der Waals surface area contributed by atoms with Crippen molar-refractivity contribution in [3.8, 4) is 17.2 Å². The van der Waals surface area contributed by atoms with Crippen LogP contribution in [0.2, 0.25) is 0 Å². The molecule has 1 aliphatic heterocycles. The number of aryl methyl sites for hydroxylation is 1. The minimum atomic E-state index is -2.13. The first-order valence-corrected chi connectivity index (χ1v) is 10.7. The van der Waals surface area contributed by atoms with E-state index in [2.05, 4.69) is 10.6 Å². The zero-order valence-electron chi connectivity index (χ0n) is 18.4. The highest BCUT2D eigenvalue weighted by atomic mass is 19.1. The lowest BCUT2D eigenvalue weighted by Gasteiger charge is -2.28. The molecule has 1 aromatic heterocycles. The summed E-state index contributed by atoms with van der Waals surface area (Å²) < 4.78 is 27.8. The molecule has 0 saturated carbocycles. The molecule has 1 fully saturated rings. The van der Waals surface area contributed by atoms with Crippen LogP contribution in [0.15, 0.2) is 51.7 Å². The maximum absolute atomic E-state index is 15.7. The number of fused-ring (bicyclic) bond motifs is 1. The van der Waals surface area contributed by atoms with Gasteiger partial charge in [0.15, 0.2) is 17.3 Å². The maximum atomic E-state index is 15.7. The quantitative estimate of drug-likeness (QED) is 0.615. The standard InChI is InChI=1S/C24H25FN4O4/c1-24(25,21(13-26)28-22(30)20-14-27-10-3-11-32-20)17-7-4-15(5-8-17)16-6-9-19-18(12-16)29(2)23(31)33-19/h4-9,12,20-21,27H,3,10-11,14H2,1-2H3,(H,28,30)/t20-,21?,24?/m0/s1. The van der Waals surface area contributed by atoms with Crippen LogP contribution in [0, 0.1) is 11.3 Å². The third-order valence-corrected chi connectivity index (χ3v) is 5.97. The molecular weight excluding hydrogens is 427 g/mol. The lowest BCUT2D eigenvalue weighted by atomic mass is 9.89. The lowest BCUT2D eigenvalue weighted by Crippen LogP contribution is -2.51. The number of carbonyl (C=O) groups is 1. The van der Waals surface area contributed by atoms with Crippen LogP contribution in [0.3, 0.4) is 0 Å². The van der Waals surface area contributed by atoms with Crippen LogP contribution in [0.1, 0.15) is 18.9 Å². The molecule has 4 rings (SSSR count). The number of oxazole rings is 1. The second-order valence-corrected chi connectivity index (χ2v) is 8.25. The minimum absolute atomic E-state index is 0.259. The van der Waals surface area contributed by atoms with Crippen LogP contribution in [0.5, 0.6) is 0 Å². The summed E-state index contributed by atoms with van der Waals surface area (Å²) in [6, 6.07) is 12.5. The van der Waals surface area contributed by atoms with Gasteiger partial charge in [0.05, 0.1) is 11.6 Å². The fraction of sp³-hybridized carbons (Fsp3) is 0.375. The van der Waals surface area contributed by atoms with E-state index in [-0.39, 0.29) is 5.56 Å². The summed E-state index contributed by atoms with van der Waals surface area (Å²) in [5.41, 5.74) is 0.906. The van der Waals surface area contributed by atoms with Crippen molar-refractivity contribution in [1.82, 2.24) is 15.2 Å². The van der Waals surface area contributed by atoms with Gasteiger partial charge in [-0.05, 0) is 48.7 Å².